The Labute approximate surface area is 174 Å². The maximum absolute atomic E-state index is 13.0. The molecule has 158 valence electrons. The van der Waals surface area contributed by atoms with Crippen LogP contribution in [0.3, 0.4) is 0 Å². The van der Waals surface area contributed by atoms with Gasteiger partial charge in [0.25, 0.3) is 0 Å². The predicted molar refractivity (Wildman–Crippen MR) is 113 cm³/mol. The quantitative estimate of drug-likeness (QED) is 0.441. The summed E-state index contributed by atoms with van der Waals surface area (Å²) in [6.45, 7) is 3.22. The van der Waals surface area contributed by atoms with Gasteiger partial charge in [-0.15, -0.1) is 0 Å². The summed E-state index contributed by atoms with van der Waals surface area (Å²) in [6.07, 6.45) is 3.52. The number of benzene rings is 1. The zero-order chi connectivity index (χ0) is 21.3. The van der Waals surface area contributed by atoms with E-state index in [0.717, 1.165) is 18.4 Å². The van der Waals surface area contributed by atoms with Crippen molar-refractivity contribution < 1.29 is 13.3 Å². The SMILES string of the molecule is CCCc1ccc(S(=O)(=O)N2CCN(c3nc4ccccn4c3[N+](=O)[O-])CC2)cc1. The molecule has 0 bridgehead atoms. The fourth-order valence-corrected chi connectivity index (χ4v) is 5.18. The largest absolute Gasteiger partial charge is 0.372 e. The zero-order valence-corrected chi connectivity index (χ0v) is 17.5. The summed E-state index contributed by atoms with van der Waals surface area (Å²) in [4.78, 5) is 17.6. The Kier molecular flexibility index (Phi) is 5.44. The molecule has 3 heterocycles. The molecule has 3 aromatic rings. The average molecular weight is 430 g/mol. The molecule has 0 saturated carbocycles. The third-order valence-electron chi connectivity index (χ3n) is 5.30. The molecule has 10 heteroatoms. The molecule has 1 saturated heterocycles. The fourth-order valence-electron chi connectivity index (χ4n) is 3.76. The van der Waals surface area contributed by atoms with E-state index in [4.69, 9.17) is 0 Å². The van der Waals surface area contributed by atoms with Crippen LogP contribution in [0, 0.1) is 10.1 Å². The maximum Gasteiger partial charge on any atom is 0.372 e. The highest BCUT2D eigenvalue weighted by atomic mass is 32.2. The van der Waals surface area contributed by atoms with Crippen LogP contribution in [0.2, 0.25) is 0 Å². The van der Waals surface area contributed by atoms with Crippen molar-refractivity contribution in [1.82, 2.24) is 13.7 Å². The van der Waals surface area contributed by atoms with Crippen molar-refractivity contribution in [3.63, 3.8) is 0 Å². The smallest absolute Gasteiger partial charge is 0.358 e. The van der Waals surface area contributed by atoms with Crippen LogP contribution >= 0.6 is 0 Å². The summed E-state index contributed by atoms with van der Waals surface area (Å²) in [7, 11) is -3.60. The predicted octanol–water partition coefficient (Wildman–Crippen LogP) is 2.71. The Bertz CT molecular complexity index is 1170. The Balaban J connectivity index is 1.53. The first-order valence-electron chi connectivity index (χ1n) is 9.87. The highest BCUT2D eigenvalue weighted by molar-refractivity contribution is 7.89. The lowest BCUT2D eigenvalue weighted by atomic mass is 10.1. The van der Waals surface area contributed by atoms with E-state index >= 15 is 0 Å². The van der Waals surface area contributed by atoms with Gasteiger partial charge in [-0.05, 0) is 35.1 Å². The van der Waals surface area contributed by atoms with Crippen molar-refractivity contribution in [2.24, 2.45) is 0 Å². The number of imidazole rings is 1. The number of nitro groups is 1. The maximum atomic E-state index is 13.0. The van der Waals surface area contributed by atoms with Crippen LogP contribution in [-0.2, 0) is 16.4 Å². The highest BCUT2D eigenvalue weighted by Crippen LogP contribution is 2.30. The van der Waals surface area contributed by atoms with Crippen LogP contribution in [0.5, 0.6) is 0 Å². The first kappa shape index (κ1) is 20.3. The lowest BCUT2D eigenvalue weighted by Gasteiger charge is -2.33. The topological polar surface area (TPSA) is 101 Å². The molecular formula is C20H23N5O4S. The number of hydrogen-bond donors (Lipinski definition) is 0. The van der Waals surface area contributed by atoms with Crippen molar-refractivity contribution in [3.05, 3.63) is 64.3 Å². The van der Waals surface area contributed by atoms with Crippen molar-refractivity contribution in [3.8, 4) is 0 Å². The number of hydrogen-bond acceptors (Lipinski definition) is 6. The standard InChI is InChI=1S/C20H23N5O4S/c1-2-5-16-7-9-17(10-8-16)30(28,29)23-14-12-22(13-15-23)19-20(25(26)27)24-11-4-3-6-18(24)21-19/h3-4,6-11H,2,5,12-15H2,1H3. The Hall–Kier alpha value is -2.98. The number of piperazine rings is 1. The van der Waals surface area contributed by atoms with Gasteiger partial charge in [0.05, 0.1) is 11.1 Å². The Morgan fingerprint density at radius 1 is 1.07 bits per heavy atom. The summed E-state index contributed by atoms with van der Waals surface area (Å²) >= 11 is 0. The Morgan fingerprint density at radius 2 is 1.77 bits per heavy atom. The van der Waals surface area contributed by atoms with E-state index < -0.39 is 14.9 Å². The van der Waals surface area contributed by atoms with E-state index in [0.29, 0.717) is 18.7 Å². The van der Waals surface area contributed by atoms with Gasteiger partial charge < -0.3 is 15.0 Å². The van der Waals surface area contributed by atoms with Gasteiger partial charge in [-0.3, -0.25) is 0 Å². The van der Waals surface area contributed by atoms with Crippen LogP contribution in [0.1, 0.15) is 18.9 Å². The molecule has 0 unspecified atom stereocenters. The number of fused-ring (bicyclic) bond motifs is 1. The lowest BCUT2D eigenvalue weighted by Crippen LogP contribution is -2.48. The van der Waals surface area contributed by atoms with Gasteiger partial charge >= 0.3 is 5.82 Å². The molecule has 4 rings (SSSR count). The van der Waals surface area contributed by atoms with Gasteiger partial charge in [0.1, 0.15) is 0 Å². The molecule has 0 N–H and O–H groups in total. The lowest BCUT2D eigenvalue weighted by molar-refractivity contribution is -0.389. The monoisotopic (exact) mass is 429 g/mol. The van der Waals surface area contributed by atoms with Gasteiger partial charge in [0.2, 0.25) is 21.5 Å². The van der Waals surface area contributed by atoms with Crippen LogP contribution in [0.4, 0.5) is 11.6 Å². The van der Waals surface area contributed by atoms with Crippen molar-refractivity contribution in [2.75, 3.05) is 31.1 Å². The third kappa shape index (κ3) is 3.63. The second-order valence-corrected chi connectivity index (χ2v) is 9.17. The first-order valence-corrected chi connectivity index (χ1v) is 11.3. The fraction of sp³-hybridized carbons (Fsp3) is 0.350. The molecule has 0 atom stereocenters. The van der Waals surface area contributed by atoms with E-state index in [1.54, 1.807) is 41.4 Å². The molecule has 0 amide bonds. The van der Waals surface area contributed by atoms with Crippen molar-refractivity contribution >= 4 is 27.3 Å². The zero-order valence-electron chi connectivity index (χ0n) is 16.6. The average Bonchev–Trinajstić information content (AvgIpc) is 3.14. The van der Waals surface area contributed by atoms with Gasteiger partial charge in [0, 0.05) is 32.2 Å². The number of aryl methyl sites for hydroxylation is 1. The number of nitrogens with zero attached hydrogens (tertiary/aromatic N) is 5. The van der Waals surface area contributed by atoms with E-state index in [1.807, 2.05) is 12.1 Å². The minimum atomic E-state index is -3.60. The molecule has 1 aromatic carbocycles. The minimum absolute atomic E-state index is 0.103. The molecule has 2 aromatic heterocycles. The van der Waals surface area contributed by atoms with Crippen LogP contribution < -0.4 is 4.90 Å². The molecular weight excluding hydrogens is 406 g/mol. The number of sulfonamides is 1. The van der Waals surface area contributed by atoms with Gasteiger partial charge in [0.15, 0.2) is 0 Å². The molecule has 30 heavy (non-hydrogen) atoms. The minimum Gasteiger partial charge on any atom is -0.358 e. The van der Waals surface area contributed by atoms with E-state index in [-0.39, 0.29) is 29.6 Å². The van der Waals surface area contributed by atoms with Crippen LogP contribution in [0.15, 0.2) is 53.6 Å². The summed E-state index contributed by atoms with van der Waals surface area (Å²) < 4.78 is 28.9. The normalized spacial score (nSPS) is 15.6. The first-order chi connectivity index (χ1) is 14.4. The molecule has 0 spiro atoms. The van der Waals surface area contributed by atoms with Crippen molar-refractivity contribution in [2.45, 2.75) is 24.7 Å². The molecule has 9 nitrogen and oxygen atoms in total. The molecule has 0 radical (unpaired) electrons. The van der Waals surface area contributed by atoms with E-state index in [2.05, 4.69) is 11.9 Å². The number of rotatable bonds is 6. The number of anilines is 1. The van der Waals surface area contributed by atoms with Crippen molar-refractivity contribution in [1.29, 1.82) is 0 Å². The van der Waals surface area contributed by atoms with E-state index in [9.17, 15) is 18.5 Å². The number of pyridine rings is 1. The molecule has 0 aliphatic carbocycles. The number of aromatic nitrogens is 2. The molecule has 1 aliphatic rings. The second kappa shape index (κ2) is 8.04. The third-order valence-corrected chi connectivity index (χ3v) is 7.21. The summed E-state index contributed by atoms with van der Waals surface area (Å²) in [5.41, 5.74) is 1.60. The van der Waals surface area contributed by atoms with E-state index in [1.165, 1.54) is 8.71 Å². The van der Waals surface area contributed by atoms with Gasteiger partial charge in [-0.1, -0.05) is 31.5 Å². The van der Waals surface area contributed by atoms with Crippen LogP contribution in [-0.4, -0.2) is 53.2 Å². The molecule has 1 fully saturated rings. The van der Waals surface area contributed by atoms with Gasteiger partial charge in [-0.25, -0.2) is 8.42 Å². The summed E-state index contributed by atoms with van der Waals surface area (Å²) in [6, 6.07) is 12.2. The van der Waals surface area contributed by atoms with Crippen LogP contribution in [0.25, 0.3) is 5.65 Å². The molecule has 1 aliphatic heterocycles. The highest BCUT2D eigenvalue weighted by Gasteiger charge is 2.33. The second-order valence-electron chi connectivity index (χ2n) is 7.23. The summed E-state index contributed by atoms with van der Waals surface area (Å²) in [5, 5.41) is 11.6. The summed E-state index contributed by atoms with van der Waals surface area (Å²) in [5.74, 6) is 0.167. The van der Waals surface area contributed by atoms with Gasteiger partial charge in [-0.2, -0.15) is 13.7 Å². The Morgan fingerprint density at radius 3 is 2.40 bits per heavy atom.